The molecule has 61 heavy (non-hydrogen) atoms. The molecule has 6 heterocycles. The summed E-state index contributed by atoms with van der Waals surface area (Å²) in [4.78, 5) is 63.1. The quantitative estimate of drug-likeness (QED) is 0.188. The predicted molar refractivity (Wildman–Crippen MR) is 221 cm³/mol. The number of ether oxygens (including phenoxy) is 2. The second kappa shape index (κ2) is 17.5. The van der Waals surface area contributed by atoms with Crippen molar-refractivity contribution in [3.63, 3.8) is 0 Å². The third-order valence-corrected chi connectivity index (χ3v) is 11.9. The number of aryl methyl sites for hydroxylation is 2. The summed E-state index contributed by atoms with van der Waals surface area (Å²) in [5, 5.41) is 12.7. The Labute approximate surface area is 351 Å². The minimum Gasteiger partial charge on any atom is -0.477 e. The molecule has 320 valence electrons. The molecular formula is C44H49F2N9O6. The highest BCUT2D eigenvalue weighted by Crippen LogP contribution is 2.32. The summed E-state index contributed by atoms with van der Waals surface area (Å²) in [6, 6.07) is 11.0. The van der Waals surface area contributed by atoms with Crippen molar-refractivity contribution in [3.05, 3.63) is 88.2 Å². The molecule has 0 aliphatic carbocycles. The number of carbonyl (C=O) groups is 4. The Hall–Kier alpha value is -6.07. The molecule has 15 nitrogen and oxygen atoms in total. The third-order valence-electron chi connectivity index (χ3n) is 11.9. The SMILES string of the molecule is CO[C@H]1CN(CCc2cc(F)c([C@H]3CCC(=O)NC3=O)c(F)c2)CC[C@H]1NC(=O)c1ccc2nc3n(c2c1)C[C@H](C)CCCOc1c(cnn1C)-c1cc(cc(C)n1)C(=O)N3. The van der Waals surface area contributed by atoms with Crippen LogP contribution in [-0.2, 0) is 34.3 Å². The van der Waals surface area contributed by atoms with E-state index in [-0.39, 0.29) is 48.3 Å². The van der Waals surface area contributed by atoms with Crippen LogP contribution in [0.4, 0.5) is 14.7 Å². The summed E-state index contributed by atoms with van der Waals surface area (Å²) in [5.41, 5.74) is 4.24. The summed E-state index contributed by atoms with van der Waals surface area (Å²) in [5.74, 6) is -3.31. The molecule has 3 aliphatic rings. The fraction of sp³-hybridized carbons (Fsp3) is 0.432. The zero-order valence-electron chi connectivity index (χ0n) is 34.6. The number of fused-ring (bicyclic) bond motifs is 7. The summed E-state index contributed by atoms with van der Waals surface area (Å²) in [7, 11) is 3.40. The number of anilines is 1. The highest BCUT2D eigenvalue weighted by atomic mass is 19.1. The lowest BCUT2D eigenvalue weighted by molar-refractivity contribution is -0.134. The first-order valence-corrected chi connectivity index (χ1v) is 20.7. The number of imidazole rings is 1. The number of aromatic nitrogens is 5. The molecule has 2 aromatic carbocycles. The minimum absolute atomic E-state index is 0.0246. The molecule has 4 atom stereocenters. The van der Waals surface area contributed by atoms with Gasteiger partial charge in [0.1, 0.15) is 11.6 Å². The molecule has 8 rings (SSSR count). The van der Waals surface area contributed by atoms with Crippen LogP contribution in [0.15, 0.2) is 48.7 Å². The van der Waals surface area contributed by atoms with E-state index < -0.39 is 29.4 Å². The number of rotatable bonds is 7. The normalized spacial score (nSPS) is 21.4. The highest BCUT2D eigenvalue weighted by molar-refractivity contribution is 6.05. The number of nitrogens with one attached hydrogen (secondary N) is 3. The van der Waals surface area contributed by atoms with Gasteiger partial charge in [0.2, 0.25) is 23.6 Å². The number of hydrogen-bond acceptors (Lipinski definition) is 10. The Bertz CT molecular complexity index is 2500. The van der Waals surface area contributed by atoms with Gasteiger partial charge in [0, 0.05) is 69.1 Å². The molecule has 3 N–H and O–H groups in total. The Morgan fingerprint density at radius 3 is 2.59 bits per heavy atom. The average Bonchev–Trinajstić information content (AvgIpc) is 3.76. The predicted octanol–water partition coefficient (Wildman–Crippen LogP) is 5.06. The van der Waals surface area contributed by atoms with E-state index in [4.69, 9.17) is 14.5 Å². The number of likely N-dealkylation sites (tertiary alicyclic amines) is 1. The van der Waals surface area contributed by atoms with E-state index >= 15 is 8.78 Å². The maximum atomic E-state index is 15.2. The van der Waals surface area contributed by atoms with Gasteiger partial charge in [-0.15, -0.1) is 0 Å². The molecule has 3 aliphatic heterocycles. The van der Waals surface area contributed by atoms with Crippen molar-refractivity contribution in [1.29, 1.82) is 0 Å². The summed E-state index contributed by atoms with van der Waals surface area (Å²) < 4.78 is 46.0. The topological polar surface area (TPSA) is 175 Å². The van der Waals surface area contributed by atoms with Crippen LogP contribution < -0.4 is 20.7 Å². The van der Waals surface area contributed by atoms with E-state index in [1.165, 1.54) is 12.1 Å². The van der Waals surface area contributed by atoms with Crippen LogP contribution >= 0.6 is 0 Å². The number of pyridine rings is 1. The van der Waals surface area contributed by atoms with Crippen molar-refractivity contribution < 1.29 is 37.4 Å². The number of halogens is 2. The van der Waals surface area contributed by atoms with Gasteiger partial charge < -0.3 is 24.3 Å². The smallest absolute Gasteiger partial charge is 0.258 e. The minimum atomic E-state index is -1.05. The first kappa shape index (κ1) is 41.7. The lowest BCUT2D eigenvalue weighted by Crippen LogP contribution is -2.55. The lowest BCUT2D eigenvalue weighted by atomic mass is 9.89. The first-order valence-electron chi connectivity index (χ1n) is 20.7. The van der Waals surface area contributed by atoms with E-state index in [9.17, 15) is 19.2 Å². The number of carbonyl (C=O) groups excluding carboxylic acids is 4. The zero-order valence-corrected chi connectivity index (χ0v) is 34.6. The van der Waals surface area contributed by atoms with Crippen LogP contribution in [0.2, 0.25) is 0 Å². The van der Waals surface area contributed by atoms with Crippen LogP contribution in [0.3, 0.4) is 0 Å². The molecule has 3 aromatic heterocycles. The van der Waals surface area contributed by atoms with Crippen LogP contribution in [0, 0.1) is 24.5 Å². The number of benzene rings is 2. The van der Waals surface area contributed by atoms with Crippen LogP contribution in [0.5, 0.6) is 5.88 Å². The number of imide groups is 1. The largest absolute Gasteiger partial charge is 0.477 e. The Morgan fingerprint density at radius 1 is 1.02 bits per heavy atom. The average molecular weight is 838 g/mol. The Morgan fingerprint density at radius 2 is 1.82 bits per heavy atom. The fourth-order valence-corrected chi connectivity index (χ4v) is 8.64. The number of hydrogen-bond donors (Lipinski definition) is 3. The number of methoxy groups -OCH3 is 1. The van der Waals surface area contributed by atoms with Crippen LogP contribution in [-0.4, -0.2) is 98.3 Å². The van der Waals surface area contributed by atoms with Crippen molar-refractivity contribution in [1.82, 2.24) is 39.8 Å². The summed E-state index contributed by atoms with van der Waals surface area (Å²) in [6.45, 7) is 6.56. The van der Waals surface area contributed by atoms with Gasteiger partial charge in [-0.2, -0.15) is 5.10 Å². The molecule has 17 heteroatoms. The number of amides is 4. The Balaban J connectivity index is 0.952. The summed E-state index contributed by atoms with van der Waals surface area (Å²) in [6.07, 6.45) is 3.96. The maximum absolute atomic E-state index is 15.2. The second-order valence-electron chi connectivity index (χ2n) is 16.3. The van der Waals surface area contributed by atoms with Gasteiger partial charge in [-0.25, -0.2) is 18.4 Å². The van der Waals surface area contributed by atoms with Gasteiger partial charge >= 0.3 is 0 Å². The van der Waals surface area contributed by atoms with E-state index in [0.717, 1.165) is 12.8 Å². The van der Waals surface area contributed by atoms with Gasteiger partial charge in [0.15, 0.2) is 0 Å². The van der Waals surface area contributed by atoms with E-state index in [1.807, 2.05) is 18.5 Å². The van der Waals surface area contributed by atoms with Gasteiger partial charge in [0.25, 0.3) is 11.8 Å². The second-order valence-corrected chi connectivity index (χ2v) is 16.3. The molecule has 2 saturated heterocycles. The Kier molecular flexibility index (Phi) is 11.9. The van der Waals surface area contributed by atoms with Gasteiger partial charge in [-0.3, -0.25) is 34.8 Å². The maximum Gasteiger partial charge on any atom is 0.258 e. The monoisotopic (exact) mass is 837 g/mol. The van der Waals surface area contributed by atoms with Crippen molar-refractivity contribution in [2.24, 2.45) is 13.0 Å². The molecule has 0 unspecified atom stereocenters. The van der Waals surface area contributed by atoms with Crippen molar-refractivity contribution in [2.75, 3.05) is 38.7 Å². The molecule has 5 aromatic rings. The van der Waals surface area contributed by atoms with Gasteiger partial charge in [0.05, 0.1) is 53.2 Å². The zero-order chi connectivity index (χ0) is 42.9. The van der Waals surface area contributed by atoms with Gasteiger partial charge in [-0.05, 0) is 93.0 Å². The summed E-state index contributed by atoms with van der Waals surface area (Å²) >= 11 is 0. The van der Waals surface area contributed by atoms with Crippen LogP contribution in [0.1, 0.15) is 82.5 Å². The van der Waals surface area contributed by atoms with Crippen LogP contribution in [0.25, 0.3) is 22.3 Å². The first-order chi connectivity index (χ1) is 29.3. The van der Waals surface area contributed by atoms with Gasteiger partial charge in [-0.1, -0.05) is 6.92 Å². The standard InChI is InChI=1S/C44H49F2N9O6/c1-24-6-5-15-61-43-30(21-47-53(43)3)35-19-28(16-25(2)48-35)41(58)52-44-50-33-9-7-27(20-36(33)55(44)22-24)40(57)49-34-12-14-54(23-37(34)60-4)13-11-26-17-31(45)39(32(46)18-26)29-8-10-38(56)51-42(29)59/h7,9,16-21,24,29,34,37H,5-6,8,10-15,22-23H2,1-4H3,(H,49,57)(H,50,52,58)(H,51,56,59)/t24-,29-,34-,37+/m1/s1. The molecular weight excluding hydrogens is 789 g/mol. The van der Waals surface area contributed by atoms with Crippen molar-refractivity contribution in [3.8, 4) is 17.1 Å². The van der Waals surface area contributed by atoms with E-state index in [0.29, 0.717) is 102 Å². The molecule has 4 amide bonds. The molecule has 2 fully saturated rings. The lowest BCUT2D eigenvalue weighted by Gasteiger charge is -2.38. The fourth-order valence-electron chi connectivity index (χ4n) is 8.64. The number of nitrogens with zero attached hydrogens (tertiary/aromatic N) is 6. The molecule has 0 radical (unpaired) electrons. The highest BCUT2D eigenvalue weighted by Gasteiger charge is 2.34. The van der Waals surface area contributed by atoms with Crippen molar-refractivity contribution >= 4 is 40.6 Å². The van der Waals surface area contributed by atoms with E-state index in [1.54, 1.807) is 48.3 Å². The van der Waals surface area contributed by atoms with Crippen molar-refractivity contribution in [2.45, 2.75) is 77.0 Å². The third kappa shape index (κ3) is 8.89. The van der Waals surface area contributed by atoms with E-state index in [2.05, 4.69) is 37.9 Å². The number of piperidine rings is 2. The molecule has 0 spiro atoms. The molecule has 0 saturated carbocycles. The molecule has 2 bridgehead atoms.